The molecule has 0 radical (unpaired) electrons. The van der Waals surface area contributed by atoms with Gasteiger partial charge in [0.2, 0.25) is 0 Å². The monoisotopic (exact) mass is 462 g/mol. The Labute approximate surface area is 185 Å². The van der Waals surface area contributed by atoms with Crippen molar-refractivity contribution in [1.29, 1.82) is 0 Å². The third kappa shape index (κ3) is 3.99. The van der Waals surface area contributed by atoms with Gasteiger partial charge in [-0.25, -0.2) is 9.50 Å². The Hall–Kier alpha value is -3.21. The Balaban J connectivity index is 1.72. The molecule has 4 aromatic rings. The second-order valence-electron chi connectivity index (χ2n) is 7.45. The molecule has 0 fully saturated rings. The van der Waals surface area contributed by atoms with Gasteiger partial charge in [0.1, 0.15) is 0 Å². The van der Waals surface area contributed by atoms with Gasteiger partial charge in [-0.2, -0.15) is 23.4 Å². The molecule has 1 unspecified atom stereocenters. The van der Waals surface area contributed by atoms with Crippen molar-refractivity contribution in [2.45, 2.75) is 39.4 Å². The van der Waals surface area contributed by atoms with Crippen LogP contribution in [0.15, 0.2) is 30.5 Å². The third-order valence-electron chi connectivity index (χ3n) is 5.30. The van der Waals surface area contributed by atoms with Gasteiger partial charge < -0.3 is 5.32 Å². The summed E-state index contributed by atoms with van der Waals surface area (Å²) in [6, 6.07) is 5.46. The number of alkyl halides is 3. The Bertz CT molecular complexity index is 1300. The number of carbonyl (C=O) groups is 1. The van der Waals surface area contributed by atoms with Crippen LogP contribution < -0.4 is 5.32 Å². The van der Waals surface area contributed by atoms with E-state index in [0.29, 0.717) is 9.39 Å². The molecule has 32 heavy (non-hydrogen) atoms. The summed E-state index contributed by atoms with van der Waals surface area (Å²) in [6.45, 7) is 5.62. The number of amides is 1. The van der Waals surface area contributed by atoms with E-state index in [-0.39, 0.29) is 17.0 Å². The topological polar surface area (TPSA) is 77.1 Å². The molecule has 0 aliphatic carbocycles. The molecule has 4 heterocycles. The van der Waals surface area contributed by atoms with E-state index in [0.717, 1.165) is 28.6 Å². The van der Waals surface area contributed by atoms with Crippen LogP contribution in [-0.4, -0.2) is 30.3 Å². The second kappa shape index (κ2) is 8.05. The summed E-state index contributed by atoms with van der Waals surface area (Å²) >= 11 is 1.39. The van der Waals surface area contributed by atoms with Crippen molar-refractivity contribution >= 4 is 22.9 Å². The maximum atomic E-state index is 13.8. The zero-order valence-corrected chi connectivity index (χ0v) is 18.7. The highest BCUT2D eigenvalue weighted by atomic mass is 32.1. The SMILES string of the molecule is CCc1ccc(-c2cc(C(F)(F)F)n3nc(C(=O)NC(C)c4cnn(C)c4C)cc3n2)s1. The van der Waals surface area contributed by atoms with Crippen LogP contribution in [0.1, 0.15) is 52.2 Å². The molecule has 11 heteroatoms. The van der Waals surface area contributed by atoms with Gasteiger partial charge in [-0.1, -0.05) is 6.92 Å². The molecular weight excluding hydrogens is 441 g/mol. The summed E-state index contributed by atoms with van der Waals surface area (Å²) in [4.78, 5) is 18.8. The van der Waals surface area contributed by atoms with Crippen LogP contribution in [-0.2, 0) is 19.6 Å². The molecule has 1 amide bonds. The number of aryl methyl sites for hydroxylation is 2. The predicted octanol–water partition coefficient (Wildman–Crippen LogP) is 4.57. The van der Waals surface area contributed by atoms with Crippen molar-refractivity contribution in [3.63, 3.8) is 0 Å². The van der Waals surface area contributed by atoms with Crippen molar-refractivity contribution in [2.24, 2.45) is 7.05 Å². The van der Waals surface area contributed by atoms with Gasteiger partial charge in [-0.05, 0) is 38.5 Å². The fourth-order valence-electron chi connectivity index (χ4n) is 3.41. The molecule has 0 spiro atoms. The number of nitrogens with one attached hydrogen (secondary N) is 1. The average Bonchev–Trinajstić information content (AvgIpc) is 3.45. The van der Waals surface area contributed by atoms with Crippen molar-refractivity contribution < 1.29 is 18.0 Å². The number of rotatable bonds is 5. The van der Waals surface area contributed by atoms with Gasteiger partial charge in [0.05, 0.1) is 22.8 Å². The van der Waals surface area contributed by atoms with Crippen molar-refractivity contribution in [2.75, 3.05) is 0 Å². The van der Waals surface area contributed by atoms with Gasteiger partial charge in [-0.3, -0.25) is 9.48 Å². The largest absolute Gasteiger partial charge is 0.433 e. The van der Waals surface area contributed by atoms with Crippen LogP contribution in [0.25, 0.3) is 16.2 Å². The highest BCUT2D eigenvalue weighted by Gasteiger charge is 2.36. The minimum absolute atomic E-state index is 0.0448. The molecule has 1 N–H and O–H groups in total. The highest BCUT2D eigenvalue weighted by Crippen LogP contribution is 2.34. The Morgan fingerprint density at radius 1 is 1.28 bits per heavy atom. The van der Waals surface area contributed by atoms with E-state index in [1.54, 1.807) is 30.9 Å². The van der Waals surface area contributed by atoms with Crippen LogP contribution in [0.2, 0.25) is 0 Å². The van der Waals surface area contributed by atoms with Gasteiger partial charge in [0, 0.05) is 29.2 Å². The number of hydrogen-bond acceptors (Lipinski definition) is 5. The molecule has 0 aliphatic heterocycles. The molecule has 168 valence electrons. The summed E-state index contributed by atoms with van der Waals surface area (Å²) in [5.74, 6) is -0.592. The van der Waals surface area contributed by atoms with Crippen LogP contribution in [0.4, 0.5) is 13.2 Å². The van der Waals surface area contributed by atoms with E-state index < -0.39 is 23.8 Å². The minimum atomic E-state index is -4.67. The summed E-state index contributed by atoms with van der Waals surface area (Å²) in [5, 5.41) is 10.8. The zero-order valence-electron chi connectivity index (χ0n) is 17.9. The average molecular weight is 463 g/mol. The Morgan fingerprint density at radius 3 is 2.62 bits per heavy atom. The summed E-state index contributed by atoms with van der Waals surface area (Å²) in [7, 11) is 1.79. The van der Waals surface area contributed by atoms with Crippen LogP contribution in [0.5, 0.6) is 0 Å². The molecule has 4 aromatic heterocycles. The Kier molecular flexibility index (Phi) is 5.53. The fraction of sp³-hybridized carbons (Fsp3) is 0.333. The lowest BCUT2D eigenvalue weighted by Crippen LogP contribution is -2.27. The maximum Gasteiger partial charge on any atom is 0.433 e. The second-order valence-corrected chi connectivity index (χ2v) is 8.62. The molecule has 0 saturated heterocycles. The summed E-state index contributed by atoms with van der Waals surface area (Å²) < 4.78 is 43.7. The van der Waals surface area contributed by atoms with Gasteiger partial charge in [0.15, 0.2) is 17.0 Å². The van der Waals surface area contributed by atoms with E-state index in [4.69, 9.17) is 0 Å². The molecule has 0 saturated carbocycles. The Morgan fingerprint density at radius 2 is 2.03 bits per heavy atom. The van der Waals surface area contributed by atoms with Crippen molar-refractivity contribution in [3.05, 3.63) is 58.0 Å². The van der Waals surface area contributed by atoms with Gasteiger partial charge >= 0.3 is 6.18 Å². The highest BCUT2D eigenvalue weighted by molar-refractivity contribution is 7.15. The summed E-state index contributed by atoms with van der Waals surface area (Å²) in [6.07, 6.45) is -2.24. The molecule has 0 bridgehead atoms. The van der Waals surface area contributed by atoms with Gasteiger partial charge in [-0.15, -0.1) is 11.3 Å². The molecule has 4 rings (SSSR count). The molecule has 7 nitrogen and oxygen atoms in total. The number of hydrogen-bond donors (Lipinski definition) is 1. The predicted molar refractivity (Wildman–Crippen MR) is 115 cm³/mol. The number of thiophene rings is 1. The summed E-state index contributed by atoms with van der Waals surface area (Å²) in [5.41, 5.74) is 0.705. The van der Waals surface area contributed by atoms with Gasteiger partial charge in [0.25, 0.3) is 5.91 Å². The molecule has 0 aromatic carbocycles. The van der Waals surface area contributed by atoms with E-state index >= 15 is 0 Å². The number of aromatic nitrogens is 5. The number of fused-ring (bicyclic) bond motifs is 1. The van der Waals surface area contributed by atoms with E-state index in [9.17, 15) is 18.0 Å². The van der Waals surface area contributed by atoms with Crippen LogP contribution in [0.3, 0.4) is 0 Å². The lowest BCUT2D eigenvalue weighted by atomic mass is 10.1. The number of nitrogens with zero attached hydrogens (tertiary/aromatic N) is 5. The smallest absolute Gasteiger partial charge is 0.344 e. The third-order valence-corrected chi connectivity index (χ3v) is 6.55. The number of halogens is 3. The van der Waals surface area contributed by atoms with E-state index in [2.05, 4.69) is 20.5 Å². The van der Waals surface area contributed by atoms with Crippen molar-refractivity contribution in [1.82, 2.24) is 29.7 Å². The van der Waals surface area contributed by atoms with Crippen molar-refractivity contribution in [3.8, 4) is 10.6 Å². The molecule has 1 atom stereocenters. The van der Waals surface area contributed by atoms with Crippen LogP contribution in [0, 0.1) is 6.92 Å². The quantitative estimate of drug-likeness (QED) is 0.471. The standard InChI is InChI=1S/C21H21F3N6OS/c1-5-13-6-7-17(32-13)15-8-18(21(22,23)24)30-19(27-15)9-16(28-30)20(31)26-11(2)14-10-25-29(4)12(14)3/h6-11H,5H2,1-4H3,(H,26,31). The maximum absolute atomic E-state index is 13.8. The molecular formula is C21H21F3N6OS. The lowest BCUT2D eigenvalue weighted by Gasteiger charge is -2.12. The number of carbonyl (C=O) groups excluding carboxylic acids is 1. The zero-order chi connectivity index (χ0) is 23.2. The van der Waals surface area contributed by atoms with E-state index in [1.165, 1.54) is 17.4 Å². The first-order valence-electron chi connectivity index (χ1n) is 9.95. The lowest BCUT2D eigenvalue weighted by molar-refractivity contribution is -0.142. The first kappa shape index (κ1) is 22.0. The first-order chi connectivity index (χ1) is 15.1. The van der Waals surface area contributed by atoms with E-state index in [1.807, 2.05) is 19.9 Å². The first-order valence-corrected chi connectivity index (χ1v) is 10.8. The fourth-order valence-corrected chi connectivity index (χ4v) is 4.32. The van der Waals surface area contributed by atoms with Crippen LogP contribution >= 0.6 is 11.3 Å². The minimum Gasteiger partial charge on any atom is -0.344 e. The normalized spacial score (nSPS) is 13.0. The molecule has 0 aliphatic rings.